The first-order valence-electron chi connectivity index (χ1n) is 17.7. The van der Waals surface area contributed by atoms with Gasteiger partial charge in [-0.1, -0.05) is 30.2 Å². The molecular formula is C37H34F2N10O3S. The maximum Gasteiger partial charge on any atom is 0.319 e. The zero-order valence-electron chi connectivity index (χ0n) is 28.5. The average Bonchev–Trinajstić information content (AvgIpc) is 3.51. The standard InChI is InChI=1S/C37H34F2N10O3S/c1-2-26-29(38)13-10-22-6-5-7-27(31(22)26)33-32(39)34-28(18-40-33)36(47-19-24-11-12-25(20-47)42-24)44-37(43-34)52-17-4-3-15-48-16-14-30(45-48)53(50,51)49-21-41-35(46-49)23-8-9-23/h1,5-7,10,13-14,16,18,21,23-25,42H,3-4,8-9,11-12,15,17,19-20H2. The largest absolute Gasteiger partial charge is 0.463 e. The Morgan fingerprint density at radius 3 is 2.60 bits per heavy atom. The second-order valence-electron chi connectivity index (χ2n) is 13.8. The van der Waals surface area contributed by atoms with Crippen molar-refractivity contribution in [3.05, 3.63) is 78.1 Å². The molecule has 13 nitrogen and oxygen atoms in total. The van der Waals surface area contributed by atoms with E-state index in [0.29, 0.717) is 77.9 Å². The molecule has 6 heterocycles. The third-order valence-electron chi connectivity index (χ3n) is 10.1. The molecule has 0 amide bonds. The van der Waals surface area contributed by atoms with Gasteiger partial charge in [0.1, 0.15) is 29.2 Å². The fourth-order valence-corrected chi connectivity index (χ4v) is 8.32. The molecule has 2 unspecified atom stereocenters. The molecule has 0 spiro atoms. The van der Waals surface area contributed by atoms with Gasteiger partial charge in [0.2, 0.25) is 0 Å². The number of ether oxygens (including phenoxy) is 1. The monoisotopic (exact) mass is 736 g/mol. The molecule has 16 heteroatoms. The lowest BCUT2D eigenvalue weighted by Crippen LogP contribution is -2.51. The Kier molecular flexibility index (Phi) is 8.27. The maximum atomic E-state index is 16.7. The summed E-state index contributed by atoms with van der Waals surface area (Å²) in [5.41, 5.74) is 0.428. The van der Waals surface area contributed by atoms with E-state index in [4.69, 9.17) is 16.1 Å². The number of benzene rings is 2. The number of unbranched alkanes of at least 4 members (excludes halogenated alkanes) is 1. The highest BCUT2D eigenvalue weighted by Gasteiger charge is 2.34. The first kappa shape index (κ1) is 33.3. The van der Waals surface area contributed by atoms with E-state index in [0.717, 1.165) is 29.8 Å². The number of hydrogen-bond acceptors (Lipinski definition) is 11. The third kappa shape index (κ3) is 6.13. The van der Waals surface area contributed by atoms with Crippen LogP contribution >= 0.6 is 0 Å². The number of halogens is 2. The molecule has 1 aliphatic carbocycles. The highest BCUT2D eigenvalue weighted by atomic mass is 32.2. The summed E-state index contributed by atoms with van der Waals surface area (Å²) in [5, 5.41) is 13.4. The lowest BCUT2D eigenvalue weighted by atomic mass is 9.96. The molecule has 3 aliphatic rings. The molecule has 2 saturated heterocycles. The van der Waals surface area contributed by atoms with Crippen molar-refractivity contribution >= 4 is 37.5 Å². The van der Waals surface area contributed by atoms with Crippen LogP contribution in [0.25, 0.3) is 32.9 Å². The molecule has 1 saturated carbocycles. The Morgan fingerprint density at radius 1 is 0.981 bits per heavy atom. The number of rotatable bonds is 11. The number of aryl methyl sites for hydroxylation is 1. The first-order chi connectivity index (χ1) is 25.8. The van der Waals surface area contributed by atoms with Crippen LogP contribution in [0.1, 0.15) is 55.8 Å². The van der Waals surface area contributed by atoms with Crippen molar-refractivity contribution in [2.75, 3.05) is 24.6 Å². The second kappa shape index (κ2) is 13.2. The van der Waals surface area contributed by atoms with E-state index in [-0.39, 0.29) is 40.3 Å². The summed E-state index contributed by atoms with van der Waals surface area (Å²) in [5.74, 6) is 2.47. The van der Waals surface area contributed by atoms with Crippen LogP contribution in [-0.2, 0) is 16.6 Å². The number of pyridine rings is 1. The normalized spacial score (nSPS) is 18.5. The minimum absolute atomic E-state index is 0.00559. The van der Waals surface area contributed by atoms with E-state index >= 15 is 4.39 Å². The van der Waals surface area contributed by atoms with Crippen molar-refractivity contribution in [2.24, 2.45) is 0 Å². The summed E-state index contributed by atoms with van der Waals surface area (Å²) in [7, 11) is -3.95. The van der Waals surface area contributed by atoms with Crippen molar-refractivity contribution in [2.45, 2.75) is 68.1 Å². The predicted molar refractivity (Wildman–Crippen MR) is 192 cm³/mol. The minimum atomic E-state index is -3.95. The number of hydrogen-bond donors (Lipinski definition) is 1. The predicted octanol–water partition coefficient (Wildman–Crippen LogP) is 4.81. The van der Waals surface area contributed by atoms with Crippen LogP contribution in [0.3, 0.4) is 0 Å². The van der Waals surface area contributed by atoms with Gasteiger partial charge in [-0.05, 0) is 56.0 Å². The summed E-state index contributed by atoms with van der Waals surface area (Å²) < 4.78 is 66.1. The molecule has 2 aliphatic heterocycles. The summed E-state index contributed by atoms with van der Waals surface area (Å²) in [6, 6.07) is 10.2. The Hall–Kier alpha value is -5.53. The Balaban J connectivity index is 0.961. The van der Waals surface area contributed by atoms with Gasteiger partial charge in [-0.2, -0.15) is 23.5 Å². The van der Waals surface area contributed by atoms with Gasteiger partial charge in [0.25, 0.3) is 0 Å². The Labute approximate surface area is 303 Å². The maximum absolute atomic E-state index is 16.7. The minimum Gasteiger partial charge on any atom is -0.463 e. The van der Waals surface area contributed by atoms with Crippen molar-refractivity contribution < 1.29 is 21.9 Å². The molecule has 2 bridgehead atoms. The van der Waals surface area contributed by atoms with Gasteiger partial charge in [-0.25, -0.2) is 13.8 Å². The van der Waals surface area contributed by atoms with E-state index in [2.05, 4.69) is 41.3 Å². The van der Waals surface area contributed by atoms with E-state index in [1.165, 1.54) is 18.5 Å². The van der Waals surface area contributed by atoms with Crippen molar-refractivity contribution in [3.8, 4) is 29.6 Å². The fourth-order valence-electron chi connectivity index (χ4n) is 7.32. The molecule has 2 atom stereocenters. The van der Waals surface area contributed by atoms with Crippen LogP contribution < -0.4 is 15.0 Å². The number of fused-ring (bicyclic) bond motifs is 4. The molecule has 9 rings (SSSR count). The number of terminal acetylenes is 1. The highest BCUT2D eigenvalue weighted by Crippen LogP contribution is 2.39. The number of nitrogens with one attached hydrogen (secondary N) is 1. The van der Waals surface area contributed by atoms with Crippen molar-refractivity contribution in [1.29, 1.82) is 0 Å². The summed E-state index contributed by atoms with van der Waals surface area (Å²) in [6.45, 7) is 2.05. The van der Waals surface area contributed by atoms with Gasteiger partial charge < -0.3 is 15.0 Å². The van der Waals surface area contributed by atoms with Crippen molar-refractivity contribution in [1.82, 2.24) is 44.2 Å². The molecule has 2 aromatic carbocycles. The molecular weight excluding hydrogens is 703 g/mol. The van der Waals surface area contributed by atoms with Gasteiger partial charge in [0.15, 0.2) is 16.7 Å². The van der Waals surface area contributed by atoms with E-state index in [1.807, 2.05) is 0 Å². The first-order valence-corrected chi connectivity index (χ1v) is 19.1. The quantitative estimate of drug-likeness (QED) is 0.145. The highest BCUT2D eigenvalue weighted by molar-refractivity contribution is 7.89. The van der Waals surface area contributed by atoms with Crippen LogP contribution in [0.5, 0.6) is 6.01 Å². The molecule has 53 heavy (non-hydrogen) atoms. The summed E-state index contributed by atoms with van der Waals surface area (Å²) >= 11 is 0. The molecule has 1 N–H and O–H groups in total. The number of aromatic nitrogens is 8. The molecule has 270 valence electrons. The Bertz CT molecular complexity index is 2530. The van der Waals surface area contributed by atoms with Crippen LogP contribution in [0.15, 0.2) is 60.1 Å². The van der Waals surface area contributed by atoms with E-state index in [9.17, 15) is 12.8 Å². The van der Waals surface area contributed by atoms with E-state index < -0.39 is 21.7 Å². The molecule has 0 radical (unpaired) electrons. The van der Waals surface area contributed by atoms with Gasteiger partial charge >= 0.3 is 16.0 Å². The van der Waals surface area contributed by atoms with Gasteiger partial charge in [-0.15, -0.1) is 15.6 Å². The fraction of sp³-hybridized carbons (Fsp3) is 0.351. The Morgan fingerprint density at radius 2 is 1.81 bits per heavy atom. The third-order valence-corrected chi connectivity index (χ3v) is 11.5. The molecule has 6 aromatic rings. The number of piperazine rings is 1. The van der Waals surface area contributed by atoms with Gasteiger partial charge in [-0.3, -0.25) is 9.67 Å². The summed E-state index contributed by atoms with van der Waals surface area (Å²) in [4.78, 5) is 20.1. The zero-order valence-corrected chi connectivity index (χ0v) is 29.3. The lowest BCUT2D eigenvalue weighted by molar-refractivity contribution is 0.280. The molecule has 4 aromatic heterocycles. The van der Waals surface area contributed by atoms with Crippen LogP contribution in [-0.4, -0.2) is 79.1 Å². The zero-order chi connectivity index (χ0) is 36.3. The van der Waals surface area contributed by atoms with Crippen LogP contribution in [0, 0.1) is 24.0 Å². The summed E-state index contributed by atoms with van der Waals surface area (Å²) in [6.07, 6.45) is 15.3. The molecule has 3 fully saturated rings. The second-order valence-corrected chi connectivity index (χ2v) is 15.5. The average molecular weight is 737 g/mol. The van der Waals surface area contributed by atoms with E-state index in [1.54, 1.807) is 41.3 Å². The SMILES string of the molecule is C#Cc1c(F)ccc2cccc(-c3ncc4c(N5CC6CCC(C5)N6)nc(OCCCCn5ccc(S(=O)(=O)n6cnc(C7CC7)n6)n5)nc4c3F)c12. The number of nitrogens with zero attached hydrogens (tertiary/aromatic N) is 9. The topological polar surface area (TPSA) is 146 Å². The smallest absolute Gasteiger partial charge is 0.319 e. The van der Waals surface area contributed by atoms with Gasteiger partial charge in [0.05, 0.1) is 17.6 Å². The number of anilines is 1. The lowest BCUT2D eigenvalue weighted by Gasteiger charge is -2.34. The van der Waals surface area contributed by atoms with Crippen LogP contribution in [0.2, 0.25) is 0 Å². The van der Waals surface area contributed by atoms with Gasteiger partial charge in [0, 0.05) is 61.0 Å². The van der Waals surface area contributed by atoms with Crippen LogP contribution in [0.4, 0.5) is 14.6 Å². The van der Waals surface area contributed by atoms with Crippen molar-refractivity contribution in [3.63, 3.8) is 0 Å².